The molecule has 1 aliphatic rings. The Labute approximate surface area is 113 Å². The molecule has 0 radical (unpaired) electrons. The average molecular weight is 289 g/mol. The van der Waals surface area contributed by atoms with E-state index in [1.54, 1.807) is 11.3 Å². The highest BCUT2D eigenvalue weighted by molar-refractivity contribution is 8.06. The molecule has 2 atom stereocenters. The molecule has 1 saturated heterocycles. The van der Waals surface area contributed by atoms with E-state index in [0.717, 1.165) is 11.4 Å². The molecule has 3 nitrogen and oxygen atoms in total. The van der Waals surface area contributed by atoms with E-state index >= 15 is 0 Å². The van der Waals surface area contributed by atoms with Gasteiger partial charge in [-0.15, -0.1) is 23.1 Å². The van der Waals surface area contributed by atoms with E-state index < -0.39 is 5.97 Å². The largest absolute Gasteiger partial charge is 0.481 e. The number of nitrogens with zero attached hydrogens (tertiary/aromatic N) is 1. The van der Waals surface area contributed by atoms with Crippen molar-refractivity contribution >= 4 is 40.8 Å². The van der Waals surface area contributed by atoms with Gasteiger partial charge in [0.15, 0.2) is 0 Å². The highest BCUT2D eigenvalue weighted by Crippen LogP contribution is 2.44. The summed E-state index contributed by atoms with van der Waals surface area (Å²) >= 11 is 5.59. The van der Waals surface area contributed by atoms with E-state index in [1.165, 1.54) is 11.5 Å². The third-order valence-electron chi connectivity index (χ3n) is 2.60. The van der Waals surface area contributed by atoms with Crippen LogP contribution in [0.25, 0.3) is 0 Å². The lowest BCUT2D eigenvalue weighted by Crippen LogP contribution is -2.18. The summed E-state index contributed by atoms with van der Waals surface area (Å²) in [6.45, 7) is 2.21. The van der Waals surface area contributed by atoms with Crippen LogP contribution in [0, 0.1) is 0 Å². The van der Waals surface area contributed by atoms with Gasteiger partial charge in [0, 0.05) is 22.1 Å². The molecule has 1 N–H and O–H groups in total. The highest BCUT2D eigenvalue weighted by atomic mass is 32.2. The monoisotopic (exact) mass is 289 g/mol. The van der Waals surface area contributed by atoms with Crippen molar-refractivity contribution in [3.63, 3.8) is 0 Å². The van der Waals surface area contributed by atoms with Crippen molar-refractivity contribution in [3.05, 3.63) is 16.1 Å². The number of carbonyl (C=O) groups is 1. The Balaban J connectivity index is 2.09. The predicted octanol–water partition coefficient (Wildman–Crippen LogP) is 3.07. The summed E-state index contributed by atoms with van der Waals surface area (Å²) in [4.78, 5) is 15.1. The van der Waals surface area contributed by atoms with Crippen LogP contribution in [0.2, 0.25) is 0 Å². The second kappa shape index (κ2) is 6.11. The first-order valence-corrected chi connectivity index (χ1v) is 8.57. The van der Waals surface area contributed by atoms with Crippen LogP contribution in [-0.2, 0) is 11.2 Å². The Bertz CT molecular complexity index is 394. The minimum Gasteiger partial charge on any atom is -0.481 e. The van der Waals surface area contributed by atoms with Gasteiger partial charge in [-0.3, -0.25) is 4.79 Å². The molecule has 2 rings (SSSR count). The molecule has 6 heteroatoms. The Kier molecular flexibility index (Phi) is 4.76. The first-order chi connectivity index (χ1) is 8.20. The van der Waals surface area contributed by atoms with Crippen LogP contribution in [0.5, 0.6) is 0 Å². The number of rotatable bonds is 4. The molecule has 2 unspecified atom stereocenters. The van der Waals surface area contributed by atoms with Crippen molar-refractivity contribution in [2.75, 3.05) is 11.5 Å². The van der Waals surface area contributed by atoms with Gasteiger partial charge in [0.05, 0.1) is 17.4 Å². The Hall–Kier alpha value is -0.200. The van der Waals surface area contributed by atoms with E-state index in [9.17, 15) is 4.79 Å². The van der Waals surface area contributed by atoms with Crippen LogP contribution >= 0.6 is 34.9 Å². The Morgan fingerprint density at radius 1 is 1.53 bits per heavy atom. The standard InChI is InChI=1S/C11H15NO2S3/c1-2-8-10(16-4-3-15-8)11-12-7(6-17-11)5-9(13)14/h6,8,10H,2-5H2,1H3,(H,13,14). The van der Waals surface area contributed by atoms with E-state index in [4.69, 9.17) is 5.11 Å². The quantitative estimate of drug-likeness (QED) is 0.923. The fourth-order valence-electron chi connectivity index (χ4n) is 1.82. The number of thiazole rings is 1. The molecule has 1 aromatic rings. The zero-order valence-electron chi connectivity index (χ0n) is 9.59. The molecule has 17 heavy (non-hydrogen) atoms. The molecule has 0 amide bonds. The molecule has 0 aliphatic carbocycles. The van der Waals surface area contributed by atoms with Gasteiger partial charge < -0.3 is 5.11 Å². The number of hydrogen-bond acceptors (Lipinski definition) is 5. The van der Waals surface area contributed by atoms with Crippen molar-refractivity contribution in [1.29, 1.82) is 0 Å². The van der Waals surface area contributed by atoms with Crippen molar-refractivity contribution in [3.8, 4) is 0 Å². The molecule has 0 saturated carbocycles. The molecular weight excluding hydrogens is 274 g/mol. The van der Waals surface area contributed by atoms with Crippen LogP contribution in [0.15, 0.2) is 5.38 Å². The first-order valence-electron chi connectivity index (χ1n) is 5.60. The Morgan fingerprint density at radius 2 is 2.29 bits per heavy atom. The van der Waals surface area contributed by atoms with Gasteiger partial charge in [-0.2, -0.15) is 11.8 Å². The summed E-state index contributed by atoms with van der Waals surface area (Å²) in [5.41, 5.74) is 0.698. The lowest BCUT2D eigenvalue weighted by Gasteiger charge is -2.28. The van der Waals surface area contributed by atoms with Crippen molar-refractivity contribution in [2.45, 2.75) is 30.3 Å². The Morgan fingerprint density at radius 3 is 3.00 bits per heavy atom. The number of aromatic nitrogens is 1. The minimum atomic E-state index is -0.806. The molecule has 0 spiro atoms. The highest BCUT2D eigenvalue weighted by Gasteiger charge is 2.28. The van der Waals surface area contributed by atoms with Crippen LogP contribution in [0.4, 0.5) is 0 Å². The van der Waals surface area contributed by atoms with Gasteiger partial charge in [0.1, 0.15) is 5.01 Å². The summed E-state index contributed by atoms with van der Waals surface area (Å²) in [6, 6.07) is 0. The van der Waals surface area contributed by atoms with Gasteiger partial charge in [0.2, 0.25) is 0 Å². The third kappa shape index (κ3) is 3.39. The van der Waals surface area contributed by atoms with Crippen LogP contribution in [0.3, 0.4) is 0 Å². The number of thioether (sulfide) groups is 2. The lowest BCUT2D eigenvalue weighted by molar-refractivity contribution is -0.136. The van der Waals surface area contributed by atoms with E-state index in [1.807, 2.05) is 28.9 Å². The normalized spacial score (nSPS) is 24.8. The van der Waals surface area contributed by atoms with Gasteiger partial charge >= 0.3 is 5.97 Å². The van der Waals surface area contributed by atoms with Crippen molar-refractivity contribution in [1.82, 2.24) is 4.98 Å². The van der Waals surface area contributed by atoms with Crippen LogP contribution in [0.1, 0.15) is 29.3 Å². The number of carboxylic acids is 1. The second-order valence-electron chi connectivity index (χ2n) is 3.86. The molecular formula is C11H15NO2S3. The summed E-state index contributed by atoms with van der Waals surface area (Å²) in [7, 11) is 0. The SMILES string of the molecule is CCC1SCCSC1c1nc(CC(=O)O)cs1. The molecule has 0 bridgehead atoms. The number of aliphatic carboxylic acids is 1. The summed E-state index contributed by atoms with van der Waals surface area (Å²) < 4.78 is 0. The van der Waals surface area contributed by atoms with Crippen molar-refractivity contribution in [2.24, 2.45) is 0 Å². The topological polar surface area (TPSA) is 50.2 Å². The molecule has 2 heterocycles. The molecule has 0 aromatic carbocycles. The summed E-state index contributed by atoms with van der Waals surface area (Å²) in [5.74, 6) is 1.58. The second-order valence-corrected chi connectivity index (χ2v) is 7.34. The minimum absolute atomic E-state index is 0.0395. The smallest absolute Gasteiger partial charge is 0.309 e. The van der Waals surface area contributed by atoms with Crippen LogP contribution in [-0.4, -0.2) is 32.8 Å². The average Bonchev–Trinajstić information content (AvgIpc) is 2.76. The van der Waals surface area contributed by atoms with Gasteiger partial charge in [-0.1, -0.05) is 6.92 Å². The molecule has 1 fully saturated rings. The maximum absolute atomic E-state index is 10.6. The van der Waals surface area contributed by atoms with Gasteiger partial charge in [-0.05, 0) is 6.42 Å². The zero-order valence-corrected chi connectivity index (χ0v) is 12.0. The van der Waals surface area contributed by atoms with Crippen LogP contribution < -0.4 is 0 Å². The molecule has 94 valence electrons. The predicted molar refractivity (Wildman–Crippen MR) is 75.2 cm³/mol. The lowest BCUT2D eigenvalue weighted by atomic mass is 10.2. The molecule has 1 aromatic heterocycles. The van der Waals surface area contributed by atoms with Gasteiger partial charge in [0.25, 0.3) is 0 Å². The van der Waals surface area contributed by atoms with E-state index in [0.29, 0.717) is 16.2 Å². The first kappa shape index (κ1) is 13.2. The van der Waals surface area contributed by atoms with E-state index in [-0.39, 0.29) is 6.42 Å². The molecule has 1 aliphatic heterocycles. The summed E-state index contributed by atoms with van der Waals surface area (Å²) in [6.07, 6.45) is 1.19. The van der Waals surface area contributed by atoms with Gasteiger partial charge in [-0.25, -0.2) is 4.98 Å². The fraction of sp³-hybridized carbons (Fsp3) is 0.636. The maximum atomic E-state index is 10.6. The van der Waals surface area contributed by atoms with E-state index in [2.05, 4.69) is 11.9 Å². The fourth-order valence-corrected chi connectivity index (χ4v) is 6.08. The number of carboxylic acid groups (broad SMARTS) is 1. The number of hydrogen-bond donors (Lipinski definition) is 1. The third-order valence-corrected chi connectivity index (χ3v) is 6.98. The van der Waals surface area contributed by atoms with Crippen molar-refractivity contribution < 1.29 is 9.90 Å². The zero-order chi connectivity index (χ0) is 12.3. The summed E-state index contributed by atoms with van der Waals surface area (Å²) in [5, 5.41) is 12.8. The maximum Gasteiger partial charge on any atom is 0.309 e.